The molecule has 0 N–H and O–H groups in total. The molecule has 1 aliphatic rings. The molecule has 10 heavy (non-hydrogen) atoms. The van der Waals surface area contributed by atoms with E-state index < -0.39 is 9.84 Å². The average Bonchev–Trinajstić information content (AvgIpc) is 2.48. The van der Waals surface area contributed by atoms with Crippen LogP contribution in [0, 0.1) is 0 Å². The molecule has 1 aliphatic carbocycles. The Morgan fingerprint density at radius 3 is 1.80 bits per heavy atom. The minimum atomic E-state index is -2.80. The zero-order valence-corrected chi connectivity index (χ0v) is 7.53. The van der Waals surface area contributed by atoms with Gasteiger partial charge in [0.25, 0.3) is 0 Å². The molecule has 0 aromatic heterocycles. The van der Waals surface area contributed by atoms with E-state index in [1.807, 2.05) is 6.92 Å². The Bertz CT molecular complexity index is 222. The van der Waals surface area contributed by atoms with Gasteiger partial charge in [0.1, 0.15) is 0 Å². The zero-order chi connectivity index (χ0) is 7.99. The highest BCUT2D eigenvalue weighted by Gasteiger charge is 2.50. The van der Waals surface area contributed by atoms with E-state index in [9.17, 15) is 8.42 Å². The lowest BCUT2D eigenvalue weighted by Crippen LogP contribution is -2.27. The first-order chi connectivity index (χ1) is 4.40. The van der Waals surface area contributed by atoms with Gasteiger partial charge in [0.05, 0.1) is 10.00 Å². The fourth-order valence-electron chi connectivity index (χ4n) is 1.03. The van der Waals surface area contributed by atoms with Crippen molar-refractivity contribution in [3.05, 3.63) is 0 Å². The summed E-state index contributed by atoms with van der Waals surface area (Å²) in [6.07, 6.45) is 1.71. The van der Waals surface area contributed by atoms with Crippen molar-refractivity contribution in [3.8, 4) is 0 Å². The first kappa shape index (κ1) is 8.05. The summed E-state index contributed by atoms with van der Waals surface area (Å²) >= 11 is 0. The highest BCUT2D eigenvalue weighted by Crippen LogP contribution is 2.44. The number of sulfone groups is 1. The second-order valence-corrected chi connectivity index (χ2v) is 6.56. The Morgan fingerprint density at radius 1 is 1.30 bits per heavy atom. The van der Waals surface area contributed by atoms with Crippen LogP contribution in [0.3, 0.4) is 0 Å². The van der Waals surface area contributed by atoms with Crippen molar-refractivity contribution in [2.75, 3.05) is 0 Å². The van der Waals surface area contributed by atoms with E-state index in [1.165, 1.54) is 0 Å². The Balaban J connectivity index is 2.90. The lowest BCUT2D eigenvalue weighted by atomic mass is 10.5. The van der Waals surface area contributed by atoms with E-state index in [0.717, 1.165) is 12.8 Å². The fraction of sp³-hybridized carbons (Fsp3) is 1.00. The maximum absolute atomic E-state index is 11.4. The molecule has 60 valence electrons. The number of hydrogen-bond acceptors (Lipinski definition) is 2. The molecular weight excluding hydrogens is 148 g/mol. The van der Waals surface area contributed by atoms with Gasteiger partial charge in [-0.25, -0.2) is 8.42 Å². The molecule has 0 radical (unpaired) electrons. The van der Waals surface area contributed by atoms with Crippen LogP contribution in [0.15, 0.2) is 0 Å². The third-order valence-electron chi connectivity index (χ3n) is 2.26. The molecule has 1 rings (SSSR count). The van der Waals surface area contributed by atoms with Gasteiger partial charge in [-0.3, -0.25) is 0 Å². The van der Waals surface area contributed by atoms with Crippen LogP contribution in [0.2, 0.25) is 0 Å². The Labute approximate surface area is 62.5 Å². The molecule has 0 saturated heterocycles. The minimum Gasteiger partial charge on any atom is -0.228 e. The molecule has 0 spiro atoms. The summed E-state index contributed by atoms with van der Waals surface area (Å²) in [5.74, 6) is 0. The van der Waals surface area contributed by atoms with Gasteiger partial charge < -0.3 is 0 Å². The van der Waals surface area contributed by atoms with Crippen LogP contribution in [0.4, 0.5) is 0 Å². The van der Waals surface area contributed by atoms with Crippen molar-refractivity contribution in [3.63, 3.8) is 0 Å². The van der Waals surface area contributed by atoms with Gasteiger partial charge >= 0.3 is 0 Å². The molecule has 0 aliphatic heterocycles. The molecule has 0 aromatic rings. The van der Waals surface area contributed by atoms with Crippen LogP contribution >= 0.6 is 0 Å². The summed E-state index contributed by atoms with van der Waals surface area (Å²) in [6.45, 7) is 5.33. The highest BCUT2D eigenvalue weighted by molar-refractivity contribution is 7.93. The SMILES string of the molecule is CC(C)S(=O)(=O)C1(C)CC1. The topological polar surface area (TPSA) is 34.1 Å². The Morgan fingerprint density at radius 2 is 1.70 bits per heavy atom. The van der Waals surface area contributed by atoms with Crippen LogP contribution in [-0.2, 0) is 9.84 Å². The molecule has 2 nitrogen and oxygen atoms in total. The van der Waals surface area contributed by atoms with Crippen LogP contribution in [0.5, 0.6) is 0 Å². The predicted octanol–water partition coefficient (Wildman–Crippen LogP) is 1.36. The van der Waals surface area contributed by atoms with Crippen LogP contribution in [-0.4, -0.2) is 18.4 Å². The maximum Gasteiger partial charge on any atom is 0.158 e. The van der Waals surface area contributed by atoms with E-state index in [-0.39, 0.29) is 10.00 Å². The maximum atomic E-state index is 11.4. The lowest BCUT2D eigenvalue weighted by Gasteiger charge is -2.12. The normalized spacial score (nSPS) is 23.2. The summed E-state index contributed by atoms with van der Waals surface area (Å²) in [5.41, 5.74) is 0. The van der Waals surface area contributed by atoms with Crippen molar-refractivity contribution < 1.29 is 8.42 Å². The average molecular weight is 162 g/mol. The summed E-state index contributed by atoms with van der Waals surface area (Å²) < 4.78 is 22.5. The largest absolute Gasteiger partial charge is 0.228 e. The highest BCUT2D eigenvalue weighted by atomic mass is 32.2. The smallest absolute Gasteiger partial charge is 0.158 e. The van der Waals surface area contributed by atoms with Crippen molar-refractivity contribution in [2.45, 2.75) is 43.6 Å². The molecule has 0 atom stereocenters. The third kappa shape index (κ3) is 0.965. The van der Waals surface area contributed by atoms with E-state index in [0.29, 0.717) is 0 Å². The monoisotopic (exact) mass is 162 g/mol. The molecular formula is C7H14O2S. The summed E-state index contributed by atoms with van der Waals surface area (Å²) in [7, 11) is -2.80. The molecule has 0 amide bonds. The van der Waals surface area contributed by atoms with Gasteiger partial charge in [0, 0.05) is 0 Å². The number of rotatable bonds is 2. The van der Waals surface area contributed by atoms with Gasteiger partial charge in [-0.15, -0.1) is 0 Å². The quantitative estimate of drug-likeness (QED) is 0.614. The summed E-state index contributed by atoms with van der Waals surface area (Å²) in [4.78, 5) is 0. The predicted molar refractivity (Wildman–Crippen MR) is 41.7 cm³/mol. The van der Waals surface area contributed by atoms with Crippen molar-refractivity contribution in [1.29, 1.82) is 0 Å². The van der Waals surface area contributed by atoms with E-state index >= 15 is 0 Å². The molecule has 1 fully saturated rings. The minimum absolute atomic E-state index is 0.208. The zero-order valence-electron chi connectivity index (χ0n) is 6.72. The second-order valence-electron chi connectivity index (χ2n) is 3.54. The second kappa shape index (κ2) is 1.97. The fourth-order valence-corrected chi connectivity index (χ4v) is 2.84. The first-order valence-corrected chi connectivity index (χ1v) is 5.18. The van der Waals surface area contributed by atoms with Crippen LogP contribution < -0.4 is 0 Å². The van der Waals surface area contributed by atoms with E-state index in [1.54, 1.807) is 13.8 Å². The van der Waals surface area contributed by atoms with Crippen LogP contribution in [0.25, 0.3) is 0 Å². The Hall–Kier alpha value is -0.0500. The van der Waals surface area contributed by atoms with Gasteiger partial charge in [0.2, 0.25) is 0 Å². The standard InChI is InChI=1S/C7H14O2S/c1-6(2)10(8,9)7(3)4-5-7/h6H,4-5H2,1-3H3. The molecule has 0 aromatic carbocycles. The van der Waals surface area contributed by atoms with Gasteiger partial charge in [-0.05, 0) is 33.6 Å². The molecule has 3 heteroatoms. The molecule has 0 heterocycles. The van der Waals surface area contributed by atoms with Crippen molar-refractivity contribution in [2.24, 2.45) is 0 Å². The first-order valence-electron chi connectivity index (χ1n) is 3.63. The molecule has 1 saturated carbocycles. The van der Waals surface area contributed by atoms with Gasteiger partial charge in [-0.2, -0.15) is 0 Å². The van der Waals surface area contributed by atoms with E-state index in [4.69, 9.17) is 0 Å². The lowest BCUT2D eigenvalue weighted by molar-refractivity contribution is 0.573. The number of hydrogen-bond donors (Lipinski definition) is 0. The molecule has 0 bridgehead atoms. The summed E-state index contributed by atoms with van der Waals surface area (Å²) in [6, 6.07) is 0. The van der Waals surface area contributed by atoms with Gasteiger partial charge in [-0.1, -0.05) is 0 Å². The van der Waals surface area contributed by atoms with Crippen molar-refractivity contribution in [1.82, 2.24) is 0 Å². The van der Waals surface area contributed by atoms with E-state index in [2.05, 4.69) is 0 Å². The summed E-state index contributed by atoms with van der Waals surface area (Å²) in [5, 5.41) is -0.208. The van der Waals surface area contributed by atoms with Gasteiger partial charge in [0.15, 0.2) is 9.84 Å². The molecule has 0 unspecified atom stereocenters. The Kier molecular flexibility index (Phi) is 1.59. The van der Waals surface area contributed by atoms with Crippen LogP contribution in [0.1, 0.15) is 33.6 Å². The third-order valence-corrected chi connectivity index (χ3v) is 5.28. The van der Waals surface area contributed by atoms with Crippen molar-refractivity contribution >= 4 is 9.84 Å².